The first kappa shape index (κ1) is 18.8. The molecule has 0 saturated carbocycles. The van der Waals surface area contributed by atoms with Crippen LogP contribution in [0.25, 0.3) is 11.4 Å². The minimum atomic E-state index is -0.368. The second-order valence-electron chi connectivity index (χ2n) is 6.72. The molecule has 0 atom stereocenters. The quantitative estimate of drug-likeness (QED) is 0.633. The molecule has 0 aliphatic carbocycles. The topological polar surface area (TPSA) is 80.0 Å². The Bertz CT molecular complexity index is 1010. The van der Waals surface area contributed by atoms with Crippen LogP contribution in [0.5, 0.6) is 5.75 Å². The Kier molecular flexibility index (Phi) is 5.24. The summed E-state index contributed by atoms with van der Waals surface area (Å²) in [6.45, 7) is 0.929. The molecule has 0 spiro atoms. The van der Waals surface area contributed by atoms with Gasteiger partial charge in [-0.3, -0.25) is 4.79 Å². The van der Waals surface area contributed by atoms with Crippen LogP contribution in [0.4, 0.5) is 5.69 Å². The van der Waals surface area contributed by atoms with Gasteiger partial charge in [0.05, 0.1) is 10.0 Å². The average molecular weight is 417 g/mol. The molecule has 6 nitrogen and oxygen atoms in total. The number of rotatable bonds is 3. The number of aromatic nitrogens is 3. The predicted octanol–water partition coefficient (Wildman–Crippen LogP) is 4.94. The Hall–Kier alpha value is -2.57. The Morgan fingerprint density at radius 1 is 1.04 bits per heavy atom. The van der Waals surface area contributed by atoms with E-state index in [1.54, 1.807) is 0 Å². The van der Waals surface area contributed by atoms with Gasteiger partial charge in [-0.25, -0.2) is 0 Å². The van der Waals surface area contributed by atoms with E-state index in [1.165, 1.54) is 18.6 Å². The van der Waals surface area contributed by atoms with Crippen LogP contribution in [0.2, 0.25) is 10.0 Å². The van der Waals surface area contributed by atoms with Gasteiger partial charge in [0.15, 0.2) is 11.6 Å². The summed E-state index contributed by atoms with van der Waals surface area (Å²) in [5, 5.41) is 21.1. The molecule has 2 N–H and O–H groups in total. The zero-order valence-electron chi connectivity index (χ0n) is 15.0. The number of phenols is 1. The van der Waals surface area contributed by atoms with Crippen molar-refractivity contribution in [3.8, 4) is 17.1 Å². The number of anilines is 1. The summed E-state index contributed by atoms with van der Waals surface area (Å²) in [6, 6.07) is 10.2. The molecule has 2 heterocycles. The van der Waals surface area contributed by atoms with Gasteiger partial charge in [0.2, 0.25) is 0 Å². The third-order valence-electron chi connectivity index (χ3n) is 4.79. The number of aromatic hydroxyl groups is 1. The Balaban J connectivity index is 1.53. The lowest BCUT2D eigenvalue weighted by atomic mass is 10.1. The number of nitrogens with one attached hydrogen (secondary N) is 1. The number of carbonyl (C=O) groups excluding carboxylic acids is 1. The van der Waals surface area contributed by atoms with Gasteiger partial charge in [0.1, 0.15) is 5.82 Å². The second kappa shape index (κ2) is 7.81. The normalized spacial score (nSPS) is 13.6. The fraction of sp³-hybridized carbons (Fsp3) is 0.250. The number of fused-ring (bicyclic) bond motifs is 1. The summed E-state index contributed by atoms with van der Waals surface area (Å²) in [4.78, 5) is 12.4. The van der Waals surface area contributed by atoms with Gasteiger partial charge < -0.3 is 15.0 Å². The molecular formula is C20H18Cl2N4O2. The van der Waals surface area contributed by atoms with Gasteiger partial charge >= 0.3 is 0 Å². The molecule has 3 aromatic rings. The monoisotopic (exact) mass is 416 g/mol. The smallest absolute Gasteiger partial charge is 0.255 e. The predicted molar refractivity (Wildman–Crippen MR) is 109 cm³/mol. The van der Waals surface area contributed by atoms with E-state index < -0.39 is 0 Å². The van der Waals surface area contributed by atoms with Crippen molar-refractivity contribution in [3.05, 3.63) is 57.8 Å². The SMILES string of the molecule is O=C(Nc1ccc(-c2nnc3n2CCCCC3)cc1)c1cc(Cl)c(O)c(Cl)c1. The Morgan fingerprint density at radius 2 is 1.75 bits per heavy atom. The summed E-state index contributed by atoms with van der Waals surface area (Å²) in [7, 11) is 0. The fourth-order valence-electron chi connectivity index (χ4n) is 3.30. The van der Waals surface area contributed by atoms with E-state index in [2.05, 4.69) is 20.1 Å². The number of hydrogen-bond acceptors (Lipinski definition) is 4. The zero-order chi connectivity index (χ0) is 19.7. The van der Waals surface area contributed by atoms with Crippen molar-refractivity contribution < 1.29 is 9.90 Å². The van der Waals surface area contributed by atoms with Crippen molar-refractivity contribution in [2.75, 3.05) is 5.32 Å². The molecule has 1 amide bonds. The molecule has 1 aliphatic heterocycles. The first-order valence-corrected chi connectivity index (χ1v) is 9.80. The molecule has 0 unspecified atom stereocenters. The Labute approximate surface area is 172 Å². The van der Waals surface area contributed by atoms with Crippen molar-refractivity contribution in [2.45, 2.75) is 32.2 Å². The molecule has 1 aromatic heterocycles. The van der Waals surface area contributed by atoms with Crippen molar-refractivity contribution >= 4 is 34.8 Å². The van der Waals surface area contributed by atoms with Crippen molar-refractivity contribution in [3.63, 3.8) is 0 Å². The van der Waals surface area contributed by atoms with Crippen LogP contribution >= 0.6 is 23.2 Å². The lowest BCUT2D eigenvalue weighted by Gasteiger charge is -2.09. The highest BCUT2D eigenvalue weighted by atomic mass is 35.5. The van der Waals surface area contributed by atoms with Crippen LogP contribution in [0, 0.1) is 0 Å². The van der Waals surface area contributed by atoms with E-state index in [9.17, 15) is 9.90 Å². The maximum atomic E-state index is 12.4. The molecule has 1 aliphatic rings. The highest BCUT2D eigenvalue weighted by molar-refractivity contribution is 6.37. The third kappa shape index (κ3) is 3.70. The van der Waals surface area contributed by atoms with Crippen LogP contribution < -0.4 is 5.32 Å². The lowest BCUT2D eigenvalue weighted by Crippen LogP contribution is -2.12. The van der Waals surface area contributed by atoms with Gasteiger partial charge in [-0.15, -0.1) is 10.2 Å². The molecule has 0 radical (unpaired) electrons. The van der Waals surface area contributed by atoms with E-state index in [0.29, 0.717) is 5.69 Å². The minimum Gasteiger partial charge on any atom is -0.505 e. The largest absolute Gasteiger partial charge is 0.505 e. The van der Waals surface area contributed by atoms with E-state index in [1.807, 2.05) is 24.3 Å². The summed E-state index contributed by atoms with van der Waals surface area (Å²) >= 11 is 11.8. The van der Waals surface area contributed by atoms with E-state index >= 15 is 0 Å². The first-order chi connectivity index (χ1) is 13.5. The summed E-state index contributed by atoms with van der Waals surface area (Å²) in [5.74, 6) is 1.28. The molecule has 2 aromatic carbocycles. The maximum absolute atomic E-state index is 12.4. The minimum absolute atomic E-state index is 0.0282. The summed E-state index contributed by atoms with van der Waals surface area (Å²) in [5.41, 5.74) is 1.85. The fourth-order valence-corrected chi connectivity index (χ4v) is 3.79. The van der Waals surface area contributed by atoms with Crippen LogP contribution in [-0.4, -0.2) is 25.8 Å². The molecule has 4 rings (SSSR count). The van der Waals surface area contributed by atoms with E-state index in [-0.39, 0.29) is 27.3 Å². The highest BCUT2D eigenvalue weighted by Gasteiger charge is 2.16. The van der Waals surface area contributed by atoms with Crippen LogP contribution in [0.3, 0.4) is 0 Å². The number of amides is 1. The zero-order valence-corrected chi connectivity index (χ0v) is 16.5. The number of aryl methyl sites for hydroxylation is 1. The van der Waals surface area contributed by atoms with Crippen LogP contribution in [0.1, 0.15) is 35.4 Å². The molecule has 0 saturated heterocycles. The molecule has 0 bridgehead atoms. The van der Waals surface area contributed by atoms with Crippen molar-refractivity contribution in [1.29, 1.82) is 0 Å². The van der Waals surface area contributed by atoms with Crippen LogP contribution in [0.15, 0.2) is 36.4 Å². The number of nitrogens with zero attached hydrogens (tertiary/aromatic N) is 3. The van der Waals surface area contributed by atoms with Crippen molar-refractivity contribution in [1.82, 2.24) is 14.8 Å². The average Bonchev–Trinajstić information content (AvgIpc) is 2.94. The van der Waals surface area contributed by atoms with E-state index in [4.69, 9.17) is 23.2 Å². The van der Waals surface area contributed by atoms with Gasteiger partial charge in [-0.1, -0.05) is 29.6 Å². The maximum Gasteiger partial charge on any atom is 0.255 e. The Morgan fingerprint density at radius 3 is 2.46 bits per heavy atom. The molecular weight excluding hydrogens is 399 g/mol. The lowest BCUT2D eigenvalue weighted by molar-refractivity contribution is 0.102. The third-order valence-corrected chi connectivity index (χ3v) is 5.37. The van der Waals surface area contributed by atoms with Crippen molar-refractivity contribution in [2.24, 2.45) is 0 Å². The molecule has 144 valence electrons. The molecule has 28 heavy (non-hydrogen) atoms. The second-order valence-corrected chi connectivity index (χ2v) is 7.54. The number of benzene rings is 2. The first-order valence-electron chi connectivity index (χ1n) is 9.05. The highest BCUT2D eigenvalue weighted by Crippen LogP contribution is 2.33. The number of carbonyl (C=O) groups is 1. The van der Waals surface area contributed by atoms with Gasteiger partial charge in [0.25, 0.3) is 5.91 Å². The van der Waals surface area contributed by atoms with E-state index in [0.717, 1.165) is 43.0 Å². The van der Waals surface area contributed by atoms with Crippen LogP contribution in [-0.2, 0) is 13.0 Å². The van der Waals surface area contributed by atoms with Gasteiger partial charge in [0, 0.05) is 29.8 Å². The molecule has 8 heteroatoms. The molecule has 0 fully saturated rings. The summed E-state index contributed by atoms with van der Waals surface area (Å²) in [6.07, 6.45) is 4.44. The van der Waals surface area contributed by atoms with Gasteiger partial charge in [-0.2, -0.15) is 0 Å². The summed E-state index contributed by atoms with van der Waals surface area (Å²) < 4.78 is 2.18. The number of hydrogen-bond donors (Lipinski definition) is 2. The standard InChI is InChI=1S/C20H18Cl2N4O2/c21-15-10-13(11-16(22)18(15)27)20(28)23-14-7-5-12(6-8-14)19-25-24-17-4-2-1-3-9-26(17)19/h5-8,10-11,27H,1-4,9H2,(H,23,28). The van der Waals surface area contributed by atoms with Gasteiger partial charge in [-0.05, 0) is 49.2 Å². The number of phenolic OH excluding ortho intramolecular Hbond substituents is 1. The number of halogens is 2.